The molecule has 0 atom stereocenters. The average Bonchev–Trinajstić information content (AvgIpc) is 2.94. The maximum Gasteiger partial charge on any atom is 0.310 e. The fourth-order valence-corrected chi connectivity index (χ4v) is 3.40. The van der Waals surface area contributed by atoms with Gasteiger partial charge >= 0.3 is 5.69 Å². The first-order valence-corrected chi connectivity index (χ1v) is 8.78. The number of rotatable bonds is 5. The van der Waals surface area contributed by atoms with Gasteiger partial charge in [-0.25, -0.2) is 0 Å². The Bertz CT molecular complexity index is 1120. The number of aryl methyl sites for hydroxylation is 1. The van der Waals surface area contributed by atoms with E-state index in [1.807, 2.05) is 24.6 Å². The maximum atomic E-state index is 11.1. The molecule has 0 aliphatic heterocycles. The van der Waals surface area contributed by atoms with Gasteiger partial charge in [0, 0.05) is 17.3 Å². The zero-order valence-corrected chi connectivity index (χ0v) is 16.3. The van der Waals surface area contributed by atoms with Crippen molar-refractivity contribution < 1.29 is 9.66 Å². The Balaban J connectivity index is 1.98. The number of ether oxygens (including phenoxy) is 1. The molecular formula is C20H17ClN4O3. The molecule has 7 nitrogen and oxygen atoms in total. The summed E-state index contributed by atoms with van der Waals surface area (Å²) in [6.07, 6.45) is 0. The fourth-order valence-electron chi connectivity index (χ4n) is 3.17. The molecule has 3 rings (SSSR count). The summed E-state index contributed by atoms with van der Waals surface area (Å²) in [5, 5.41) is 25.1. The summed E-state index contributed by atoms with van der Waals surface area (Å²) >= 11 is 6.18. The SMILES string of the molecule is COc1cc(Cn2nc(C)c(-c3ccc(C#N)c(Cl)c3)c2C)ccc1[N+](=O)[O-]. The van der Waals surface area contributed by atoms with Crippen molar-refractivity contribution in [3.05, 3.63) is 74.0 Å². The number of nitro benzene ring substituents is 1. The van der Waals surface area contributed by atoms with Crippen molar-refractivity contribution in [1.29, 1.82) is 5.26 Å². The van der Waals surface area contributed by atoms with Crippen molar-refractivity contribution in [1.82, 2.24) is 9.78 Å². The van der Waals surface area contributed by atoms with E-state index in [2.05, 4.69) is 11.2 Å². The molecule has 28 heavy (non-hydrogen) atoms. The fraction of sp³-hybridized carbons (Fsp3) is 0.200. The van der Waals surface area contributed by atoms with Crippen molar-refractivity contribution in [3.8, 4) is 22.9 Å². The van der Waals surface area contributed by atoms with Gasteiger partial charge in [0.05, 0.1) is 34.9 Å². The van der Waals surface area contributed by atoms with Crippen LogP contribution >= 0.6 is 11.6 Å². The number of halogens is 1. The molecule has 1 aromatic heterocycles. The standard InChI is InChI=1S/C20H17ClN4O3/c1-12-20(15-5-6-16(10-22)17(21)9-15)13(2)24(23-12)11-14-4-7-18(25(26)27)19(8-14)28-3/h4-9H,11H2,1-3H3. The number of methoxy groups -OCH3 is 1. The highest BCUT2D eigenvalue weighted by molar-refractivity contribution is 6.32. The predicted octanol–water partition coefficient (Wildman–Crippen LogP) is 4.66. The molecule has 142 valence electrons. The molecule has 0 aliphatic rings. The lowest BCUT2D eigenvalue weighted by molar-refractivity contribution is -0.385. The third-order valence-corrected chi connectivity index (χ3v) is 4.85. The molecule has 0 unspecified atom stereocenters. The normalized spacial score (nSPS) is 10.5. The first kappa shape index (κ1) is 19.4. The van der Waals surface area contributed by atoms with Crippen LogP contribution in [0.15, 0.2) is 36.4 Å². The molecule has 0 N–H and O–H groups in total. The molecule has 1 heterocycles. The molecule has 0 amide bonds. The smallest absolute Gasteiger partial charge is 0.310 e. The van der Waals surface area contributed by atoms with E-state index in [0.29, 0.717) is 17.1 Å². The molecule has 2 aromatic carbocycles. The lowest BCUT2D eigenvalue weighted by Crippen LogP contribution is -2.05. The second kappa shape index (κ2) is 7.71. The number of nitrogens with zero attached hydrogens (tertiary/aromatic N) is 4. The highest BCUT2D eigenvalue weighted by Gasteiger charge is 2.18. The molecular weight excluding hydrogens is 380 g/mol. The highest BCUT2D eigenvalue weighted by atomic mass is 35.5. The number of nitriles is 1. The number of aromatic nitrogens is 2. The average molecular weight is 397 g/mol. The lowest BCUT2D eigenvalue weighted by atomic mass is 10.0. The summed E-state index contributed by atoms with van der Waals surface area (Å²) in [7, 11) is 1.40. The van der Waals surface area contributed by atoms with Gasteiger partial charge in [0.15, 0.2) is 5.75 Å². The minimum absolute atomic E-state index is 0.0764. The van der Waals surface area contributed by atoms with Gasteiger partial charge in [-0.2, -0.15) is 10.4 Å². The summed E-state index contributed by atoms with van der Waals surface area (Å²) in [6, 6.07) is 12.1. The molecule has 8 heteroatoms. The van der Waals surface area contributed by atoms with Crippen LogP contribution in [-0.4, -0.2) is 21.8 Å². The highest BCUT2D eigenvalue weighted by Crippen LogP contribution is 2.32. The second-order valence-electron chi connectivity index (χ2n) is 6.27. The van der Waals surface area contributed by atoms with Crippen molar-refractivity contribution in [3.63, 3.8) is 0 Å². The summed E-state index contributed by atoms with van der Waals surface area (Å²) in [6.45, 7) is 4.29. The van der Waals surface area contributed by atoms with Crippen LogP contribution < -0.4 is 4.74 Å². The van der Waals surface area contributed by atoms with Crippen molar-refractivity contribution in [2.45, 2.75) is 20.4 Å². The minimum Gasteiger partial charge on any atom is -0.490 e. The number of nitro groups is 1. The predicted molar refractivity (Wildman–Crippen MR) is 106 cm³/mol. The Morgan fingerprint density at radius 1 is 1.29 bits per heavy atom. The van der Waals surface area contributed by atoms with Gasteiger partial charge < -0.3 is 4.74 Å². The first-order chi connectivity index (χ1) is 13.3. The van der Waals surface area contributed by atoms with Gasteiger partial charge in [0.2, 0.25) is 0 Å². The van der Waals surface area contributed by atoms with E-state index in [-0.39, 0.29) is 11.4 Å². The lowest BCUT2D eigenvalue weighted by Gasteiger charge is -2.08. The largest absolute Gasteiger partial charge is 0.490 e. The second-order valence-corrected chi connectivity index (χ2v) is 6.68. The molecule has 0 bridgehead atoms. The third-order valence-electron chi connectivity index (χ3n) is 4.53. The van der Waals surface area contributed by atoms with E-state index >= 15 is 0 Å². The Kier molecular flexibility index (Phi) is 5.34. The number of benzene rings is 2. The van der Waals surface area contributed by atoms with Gasteiger partial charge in [-0.1, -0.05) is 23.7 Å². The van der Waals surface area contributed by atoms with E-state index < -0.39 is 4.92 Å². The minimum atomic E-state index is -0.474. The van der Waals surface area contributed by atoms with E-state index in [9.17, 15) is 10.1 Å². The Morgan fingerprint density at radius 2 is 2.04 bits per heavy atom. The Labute approximate surface area is 166 Å². The Morgan fingerprint density at radius 3 is 2.64 bits per heavy atom. The van der Waals surface area contributed by atoms with E-state index in [0.717, 1.165) is 28.1 Å². The molecule has 0 radical (unpaired) electrons. The Hall–Kier alpha value is -3.37. The van der Waals surface area contributed by atoms with E-state index in [4.69, 9.17) is 21.6 Å². The van der Waals surface area contributed by atoms with Crippen LogP contribution in [0.25, 0.3) is 11.1 Å². The summed E-state index contributed by atoms with van der Waals surface area (Å²) in [5.74, 6) is 0.211. The van der Waals surface area contributed by atoms with Crippen LogP contribution in [0.1, 0.15) is 22.5 Å². The van der Waals surface area contributed by atoms with Crippen molar-refractivity contribution in [2.75, 3.05) is 7.11 Å². The monoisotopic (exact) mass is 396 g/mol. The van der Waals surface area contributed by atoms with Crippen LogP contribution in [0, 0.1) is 35.3 Å². The van der Waals surface area contributed by atoms with Crippen LogP contribution in [-0.2, 0) is 6.54 Å². The summed E-state index contributed by atoms with van der Waals surface area (Å²) in [4.78, 5) is 10.6. The van der Waals surface area contributed by atoms with Gasteiger partial charge in [-0.15, -0.1) is 0 Å². The summed E-state index contributed by atoms with van der Waals surface area (Å²) in [5.41, 5.74) is 4.76. The quantitative estimate of drug-likeness (QED) is 0.462. The summed E-state index contributed by atoms with van der Waals surface area (Å²) < 4.78 is 6.97. The van der Waals surface area contributed by atoms with Gasteiger partial charge in [-0.3, -0.25) is 14.8 Å². The molecule has 0 spiro atoms. The van der Waals surface area contributed by atoms with Crippen LogP contribution in [0.5, 0.6) is 5.75 Å². The van der Waals surface area contributed by atoms with Crippen LogP contribution in [0.4, 0.5) is 5.69 Å². The first-order valence-electron chi connectivity index (χ1n) is 8.41. The number of hydrogen-bond donors (Lipinski definition) is 0. The molecule has 3 aromatic rings. The molecule has 0 saturated carbocycles. The van der Waals surface area contributed by atoms with Crippen LogP contribution in [0.2, 0.25) is 5.02 Å². The maximum absolute atomic E-state index is 11.1. The molecule has 0 fully saturated rings. The molecule has 0 aliphatic carbocycles. The van der Waals surface area contributed by atoms with Crippen molar-refractivity contribution >= 4 is 17.3 Å². The van der Waals surface area contributed by atoms with Gasteiger partial charge in [-0.05, 0) is 43.2 Å². The topological polar surface area (TPSA) is 94.0 Å². The third kappa shape index (κ3) is 3.55. The van der Waals surface area contributed by atoms with Crippen molar-refractivity contribution in [2.24, 2.45) is 0 Å². The zero-order chi connectivity index (χ0) is 20.4. The van der Waals surface area contributed by atoms with Gasteiger partial charge in [0.25, 0.3) is 0 Å². The van der Waals surface area contributed by atoms with Crippen LogP contribution in [0.3, 0.4) is 0 Å². The van der Waals surface area contributed by atoms with E-state index in [1.54, 1.807) is 24.3 Å². The zero-order valence-electron chi connectivity index (χ0n) is 15.6. The molecule has 0 saturated heterocycles. The van der Waals surface area contributed by atoms with Gasteiger partial charge in [0.1, 0.15) is 6.07 Å². The number of hydrogen-bond acceptors (Lipinski definition) is 5. The van der Waals surface area contributed by atoms with E-state index in [1.165, 1.54) is 13.2 Å².